The fourth-order valence-electron chi connectivity index (χ4n) is 0. The summed E-state index contributed by atoms with van der Waals surface area (Å²) in [5.41, 5.74) is 0. The fourth-order valence-corrected chi connectivity index (χ4v) is 0. The first-order chi connectivity index (χ1) is 1.41. The van der Waals surface area contributed by atoms with Crippen LogP contribution in [0.3, 0.4) is 0 Å². The van der Waals surface area contributed by atoms with Gasteiger partial charge in [-0.3, -0.25) is 0 Å². The number of hydrogen-bond acceptors (Lipinski definition) is 2. The second kappa shape index (κ2) is 10.8. The summed E-state index contributed by atoms with van der Waals surface area (Å²) in [6.07, 6.45) is 0. The first-order valence-corrected chi connectivity index (χ1v) is 0.383. The fraction of sp³-hybridized carbons (Fsp3) is 0. The molecule has 0 aliphatic carbocycles. The number of hydrogen-bond donors (Lipinski definition) is 1. The quantitative estimate of drug-likeness (QED) is 0.306. The van der Waals surface area contributed by atoms with Crippen LogP contribution in [-0.2, 0) is 0 Å². The Morgan fingerprint density at radius 1 is 1.75 bits per heavy atom. The van der Waals surface area contributed by atoms with Gasteiger partial charge in [0.15, 0.2) is 5.34 Å². The van der Waals surface area contributed by atoms with E-state index in [1.54, 1.807) is 0 Å². The maximum atomic E-state index is 8.11. The van der Waals surface area contributed by atoms with Crippen LogP contribution in [0.5, 0.6) is 0 Å². The molecule has 0 aromatic heterocycles. The molecule has 4 radical (unpaired) electrons. The van der Waals surface area contributed by atoms with Crippen LogP contribution in [0.1, 0.15) is 0 Å². The molecule has 0 heterocycles. The SMILES string of the molecule is O=NO.[Sn]. The molecule has 0 amide bonds. The van der Waals surface area contributed by atoms with E-state index in [0.717, 1.165) is 0 Å². The van der Waals surface area contributed by atoms with Crippen molar-refractivity contribution in [2.75, 3.05) is 0 Å². The molecular weight excluding hydrogens is 165 g/mol. The van der Waals surface area contributed by atoms with E-state index in [4.69, 9.17) is 10.1 Å². The van der Waals surface area contributed by atoms with Crippen molar-refractivity contribution < 1.29 is 5.21 Å². The van der Waals surface area contributed by atoms with Crippen molar-refractivity contribution in [2.24, 2.45) is 5.34 Å². The molecule has 3 nitrogen and oxygen atoms in total. The molecular formula is HNO2Sn. The van der Waals surface area contributed by atoms with E-state index in [2.05, 4.69) is 0 Å². The summed E-state index contributed by atoms with van der Waals surface area (Å²) in [6.45, 7) is 0. The topological polar surface area (TPSA) is 49.7 Å². The van der Waals surface area contributed by atoms with Crippen LogP contribution < -0.4 is 0 Å². The molecule has 0 aliphatic heterocycles. The molecule has 0 saturated heterocycles. The average molecular weight is 166 g/mol. The van der Waals surface area contributed by atoms with Crippen LogP contribution in [0, 0.1) is 4.91 Å². The second-order valence-corrected chi connectivity index (χ2v) is 0.0816. The Morgan fingerprint density at radius 3 is 1.75 bits per heavy atom. The van der Waals surface area contributed by atoms with Gasteiger partial charge in [0.2, 0.25) is 0 Å². The predicted octanol–water partition coefficient (Wildman–Crippen LogP) is -0.239. The molecule has 4 heavy (non-hydrogen) atoms. The van der Waals surface area contributed by atoms with Crippen molar-refractivity contribution in [2.45, 2.75) is 0 Å². The second-order valence-electron chi connectivity index (χ2n) is 0.0816. The maximum Gasteiger partial charge on any atom is 0.152 e. The minimum Gasteiger partial charge on any atom is -0.379 e. The Bertz CT molecular complexity index is 13.5. The van der Waals surface area contributed by atoms with Crippen molar-refractivity contribution in [1.29, 1.82) is 0 Å². The average Bonchev–Trinajstić information content (AvgIpc) is 0.918. The Kier molecular flexibility index (Phi) is 23.9. The van der Waals surface area contributed by atoms with Gasteiger partial charge in [-0.1, -0.05) is 0 Å². The molecule has 1 N–H and O–H groups in total. The van der Waals surface area contributed by atoms with Crippen molar-refractivity contribution >= 4 is 23.9 Å². The molecule has 0 rings (SSSR count). The maximum absolute atomic E-state index is 8.11. The first kappa shape index (κ1) is 8.89. The number of nitrogens with zero attached hydrogens (tertiary/aromatic N) is 1. The monoisotopic (exact) mass is 167 g/mol. The van der Waals surface area contributed by atoms with Crippen LogP contribution in [0.4, 0.5) is 0 Å². The summed E-state index contributed by atoms with van der Waals surface area (Å²) in [4.78, 5) is 8.11. The minimum absolute atomic E-state index is 0. The van der Waals surface area contributed by atoms with Crippen LogP contribution in [0.2, 0.25) is 0 Å². The summed E-state index contributed by atoms with van der Waals surface area (Å²) >= 11 is 0. The van der Waals surface area contributed by atoms with Gasteiger partial charge < -0.3 is 5.21 Å². The van der Waals surface area contributed by atoms with Gasteiger partial charge in [-0.15, -0.1) is 4.91 Å². The molecule has 0 aromatic rings. The minimum atomic E-state index is 0. The smallest absolute Gasteiger partial charge is 0.152 e. The largest absolute Gasteiger partial charge is 0.379 e. The zero-order chi connectivity index (χ0) is 2.71. The molecule has 0 atom stereocenters. The van der Waals surface area contributed by atoms with E-state index in [1.165, 1.54) is 5.34 Å². The first-order valence-electron chi connectivity index (χ1n) is 0.383. The third kappa shape index (κ3) is 80.0. The standard InChI is InChI=1S/HNO2.Sn/c2-1-3;/h(H,2,3);. The molecule has 22 valence electrons. The van der Waals surface area contributed by atoms with E-state index < -0.39 is 0 Å². The molecule has 0 spiro atoms. The van der Waals surface area contributed by atoms with Crippen LogP contribution in [-0.4, -0.2) is 29.1 Å². The number of rotatable bonds is 0. The molecule has 0 unspecified atom stereocenters. The third-order valence-corrected chi connectivity index (χ3v) is 0. The van der Waals surface area contributed by atoms with Gasteiger partial charge in [0.25, 0.3) is 0 Å². The Labute approximate surface area is 39.9 Å². The van der Waals surface area contributed by atoms with E-state index in [-0.39, 0.29) is 23.9 Å². The molecule has 0 aromatic carbocycles. The van der Waals surface area contributed by atoms with Crippen LogP contribution in [0.25, 0.3) is 0 Å². The van der Waals surface area contributed by atoms with Gasteiger partial charge in [-0.2, -0.15) is 0 Å². The van der Waals surface area contributed by atoms with E-state index in [1.807, 2.05) is 0 Å². The Hall–Kier alpha value is 0.199. The summed E-state index contributed by atoms with van der Waals surface area (Å²) in [5, 5.41) is 7.89. The normalized spacial score (nSPS) is 3.00. The summed E-state index contributed by atoms with van der Waals surface area (Å²) < 4.78 is 0. The van der Waals surface area contributed by atoms with Gasteiger partial charge >= 0.3 is 0 Å². The Morgan fingerprint density at radius 2 is 1.75 bits per heavy atom. The van der Waals surface area contributed by atoms with Gasteiger partial charge in [0.1, 0.15) is 0 Å². The van der Waals surface area contributed by atoms with E-state index in [9.17, 15) is 0 Å². The molecule has 4 heteroatoms. The summed E-state index contributed by atoms with van der Waals surface area (Å²) in [6, 6.07) is 0. The zero-order valence-electron chi connectivity index (χ0n) is 1.80. The van der Waals surface area contributed by atoms with E-state index >= 15 is 0 Å². The Balaban J connectivity index is 0. The summed E-state index contributed by atoms with van der Waals surface area (Å²) in [5.74, 6) is 0. The summed E-state index contributed by atoms with van der Waals surface area (Å²) in [7, 11) is 0. The molecule has 0 fully saturated rings. The molecule has 0 saturated carbocycles. The van der Waals surface area contributed by atoms with E-state index in [0.29, 0.717) is 0 Å². The predicted molar refractivity (Wildman–Crippen MR) is 13.3 cm³/mol. The van der Waals surface area contributed by atoms with Crippen molar-refractivity contribution in [3.63, 3.8) is 0 Å². The van der Waals surface area contributed by atoms with Gasteiger partial charge in [-0.25, -0.2) is 0 Å². The van der Waals surface area contributed by atoms with Gasteiger partial charge in [0.05, 0.1) is 0 Å². The third-order valence-electron chi connectivity index (χ3n) is 0. The van der Waals surface area contributed by atoms with Crippen molar-refractivity contribution in [1.82, 2.24) is 0 Å². The van der Waals surface area contributed by atoms with Crippen molar-refractivity contribution in [3.05, 3.63) is 4.91 Å². The zero-order valence-corrected chi connectivity index (χ0v) is 4.66. The van der Waals surface area contributed by atoms with Crippen LogP contribution in [0.15, 0.2) is 5.34 Å². The molecule has 0 bridgehead atoms. The van der Waals surface area contributed by atoms with Gasteiger partial charge in [0, 0.05) is 23.9 Å². The molecule has 0 aliphatic rings. The van der Waals surface area contributed by atoms with Crippen molar-refractivity contribution in [3.8, 4) is 0 Å². The van der Waals surface area contributed by atoms with Gasteiger partial charge in [-0.05, 0) is 0 Å². The van der Waals surface area contributed by atoms with Crippen LogP contribution >= 0.6 is 0 Å².